The molecular formula is C17H21NO5. The third-order valence-corrected chi connectivity index (χ3v) is 3.63. The van der Waals surface area contributed by atoms with E-state index < -0.39 is 5.97 Å². The summed E-state index contributed by atoms with van der Waals surface area (Å²) in [6.07, 6.45) is -0.107. The number of methoxy groups -OCH3 is 1. The summed E-state index contributed by atoms with van der Waals surface area (Å²) in [6.45, 7) is 4.08. The lowest BCUT2D eigenvalue weighted by Gasteiger charge is -2.25. The Labute approximate surface area is 134 Å². The fourth-order valence-electron chi connectivity index (χ4n) is 2.50. The quantitative estimate of drug-likeness (QED) is 0.849. The van der Waals surface area contributed by atoms with Crippen LogP contribution in [-0.2, 0) is 16.1 Å². The molecule has 0 aliphatic heterocycles. The van der Waals surface area contributed by atoms with Crippen LogP contribution in [-0.4, -0.2) is 41.6 Å². The molecule has 0 radical (unpaired) electrons. The molecule has 0 fully saturated rings. The van der Waals surface area contributed by atoms with E-state index in [-0.39, 0.29) is 37.3 Å². The number of carboxylic acid groups (broad SMARTS) is 1. The van der Waals surface area contributed by atoms with Crippen LogP contribution in [0.4, 0.5) is 0 Å². The minimum atomic E-state index is -0.940. The van der Waals surface area contributed by atoms with Crippen LogP contribution in [0.15, 0.2) is 28.7 Å². The summed E-state index contributed by atoms with van der Waals surface area (Å²) >= 11 is 0. The van der Waals surface area contributed by atoms with Crippen molar-refractivity contribution < 1.29 is 23.8 Å². The van der Waals surface area contributed by atoms with E-state index in [1.165, 1.54) is 4.90 Å². The van der Waals surface area contributed by atoms with Gasteiger partial charge in [-0.2, -0.15) is 0 Å². The zero-order valence-electron chi connectivity index (χ0n) is 13.5. The van der Waals surface area contributed by atoms with E-state index in [0.29, 0.717) is 11.1 Å². The number of aliphatic carboxylic acids is 1. The minimum absolute atomic E-state index is 0.107. The Kier molecular flexibility index (Phi) is 5.39. The van der Waals surface area contributed by atoms with Gasteiger partial charge in [-0.25, -0.2) is 0 Å². The van der Waals surface area contributed by atoms with Gasteiger partial charge in [0, 0.05) is 30.6 Å². The zero-order valence-corrected chi connectivity index (χ0v) is 13.5. The maximum atomic E-state index is 12.8. The molecule has 1 amide bonds. The lowest BCUT2D eigenvalue weighted by Crippen LogP contribution is -2.38. The average molecular weight is 319 g/mol. The number of furan rings is 1. The average Bonchev–Trinajstić information content (AvgIpc) is 2.86. The van der Waals surface area contributed by atoms with Crippen LogP contribution in [0, 0.1) is 0 Å². The summed E-state index contributed by atoms with van der Waals surface area (Å²) in [5, 5.41) is 9.70. The van der Waals surface area contributed by atoms with Gasteiger partial charge in [-0.3, -0.25) is 9.59 Å². The lowest BCUT2D eigenvalue weighted by molar-refractivity contribution is -0.137. The van der Waals surface area contributed by atoms with Gasteiger partial charge in [-0.15, -0.1) is 0 Å². The normalized spacial score (nSPS) is 11.1. The summed E-state index contributed by atoms with van der Waals surface area (Å²) in [4.78, 5) is 25.2. The predicted molar refractivity (Wildman–Crippen MR) is 85.4 cm³/mol. The Morgan fingerprint density at radius 2 is 2.00 bits per heavy atom. The molecule has 0 spiro atoms. The molecule has 2 rings (SSSR count). The fraction of sp³-hybridized carbons (Fsp3) is 0.412. The first kappa shape index (κ1) is 17.0. The van der Waals surface area contributed by atoms with E-state index in [1.54, 1.807) is 13.2 Å². The van der Waals surface area contributed by atoms with Crippen LogP contribution in [0.2, 0.25) is 0 Å². The number of fused-ring (bicyclic) bond motifs is 1. The van der Waals surface area contributed by atoms with Gasteiger partial charge in [0.1, 0.15) is 5.58 Å². The topological polar surface area (TPSA) is 80.0 Å². The van der Waals surface area contributed by atoms with E-state index in [2.05, 4.69) is 0 Å². The van der Waals surface area contributed by atoms with Gasteiger partial charge in [0.25, 0.3) is 5.91 Å². The number of amides is 1. The maximum Gasteiger partial charge on any atom is 0.305 e. The molecule has 0 saturated heterocycles. The molecule has 0 bridgehead atoms. The van der Waals surface area contributed by atoms with Crippen molar-refractivity contribution in [2.45, 2.75) is 32.9 Å². The van der Waals surface area contributed by atoms with Crippen LogP contribution >= 0.6 is 0 Å². The number of hydrogen-bond acceptors (Lipinski definition) is 4. The Balaban J connectivity index is 2.41. The minimum Gasteiger partial charge on any atom is -0.481 e. The number of rotatable bonds is 7. The highest BCUT2D eigenvalue weighted by molar-refractivity contribution is 5.99. The summed E-state index contributed by atoms with van der Waals surface area (Å²) < 4.78 is 10.9. The molecule has 1 aromatic heterocycles. The standard InChI is InChI=1S/C17H21NO5/c1-11(2)18(9-8-15(19)20)17(21)16-13(10-22-3)12-6-4-5-7-14(12)23-16/h4-7,11H,8-10H2,1-3H3,(H,19,20). The number of nitrogens with zero attached hydrogens (tertiary/aromatic N) is 1. The number of carboxylic acids is 1. The second kappa shape index (κ2) is 7.28. The first-order valence-corrected chi connectivity index (χ1v) is 7.47. The van der Waals surface area contributed by atoms with Crippen LogP contribution in [0.3, 0.4) is 0 Å². The van der Waals surface area contributed by atoms with Crippen LogP contribution in [0.1, 0.15) is 36.4 Å². The van der Waals surface area contributed by atoms with Gasteiger partial charge >= 0.3 is 5.97 Å². The molecule has 0 aliphatic rings. The van der Waals surface area contributed by atoms with Crippen molar-refractivity contribution >= 4 is 22.8 Å². The highest BCUT2D eigenvalue weighted by Gasteiger charge is 2.27. The van der Waals surface area contributed by atoms with Crippen molar-refractivity contribution in [1.82, 2.24) is 4.90 Å². The first-order chi connectivity index (χ1) is 11.0. The van der Waals surface area contributed by atoms with E-state index in [4.69, 9.17) is 14.3 Å². The second-order valence-corrected chi connectivity index (χ2v) is 5.57. The molecule has 23 heavy (non-hydrogen) atoms. The Morgan fingerprint density at radius 1 is 1.30 bits per heavy atom. The lowest BCUT2D eigenvalue weighted by atomic mass is 10.1. The molecule has 6 nitrogen and oxygen atoms in total. The van der Waals surface area contributed by atoms with Crippen molar-refractivity contribution in [3.05, 3.63) is 35.6 Å². The highest BCUT2D eigenvalue weighted by atomic mass is 16.5. The fourth-order valence-corrected chi connectivity index (χ4v) is 2.50. The Hall–Kier alpha value is -2.34. The van der Waals surface area contributed by atoms with Crippen LogP contribution in [0.5, 0.6) is 0 Å². The molecule has 1 N–H and O–H groups in total. The number of hydrogen-bond donors (Lipinski definition) is 1. The summed E-state index contributed by atoms with van der Waals surface area (Å²) in [5.74, 6) is -1.04. The molecule has 2 aromatic rings. The van der Waals surface area contributed by atoms with E-state index in [0.717, 1.165) is 5.39 Å². The van der Waals surface area contributed by atoms with Crippen LogP contribution in [0.25, 0.3) is 11.0 Å². The maximum absolute atomic E-state index is 12.8. The summed E-state index contributed by atoms with van der Waals surface area (Å²) in [7, 11) is 1.56. The third kappa shape index (κ3) is 3.71. The Bertz CT molecular complexity index is 704. The van der Waals surface area contributed by atoms with Crippen molar-refractivity contribution in [3.8, 4) is 0 Å². The van der Waals surface area contributed by atoms with Gasteiger partial charge in [0.2, 0.25) is 0 Å². The van der Waals surface area contributed by atoms with Gasteiger partial charge in [0.15, 0.2) is 5.76 Å². The molecule has 0 aliphatic carbocycles. The molecule has 6 heteroatoms. The number of benzene rings is 1. The van der Waals surface area contributed by atoms with E-state index >= 15 is 0 Å². The SMILES string of the molecule is COCc1c(C(=O)N(CCC(=O)O)C(C)C)oc2ccccc12. The van der Waals surface area contributed by atoms with E-state index in [1.807, 2.05) is 32.0 Å². The third-order valence-electron chi connectivity index (χ3n) is 3.63. The van der Waals surface area contributed by atoms with Gasteiger partial charge in [-0.1, -0.05) is 18.2 Å². The number of carbonyl (C=O) groups is 2. The smallest absolute Gasteiger partial charge is 0.305 e. The zero-order chi connectivity index (χ0) is 17.0. The monoisotopic (exact) mass is 319 g/mol. The molecule has 0 saturated carbocycles. The van der Waals surface area contributed by atoms with Crippen molar-refractivity contribution in [3.63, 3.8) is 0 Å². The molecule has 1 heterocycles. The van der Waals surface area contributed by atoms with Crippen molar-refractivity contribution in [2.24, 2.45) is 0 Å². The predicted octanol–water partition coefficient (Wildman–Crippen LogP) is 2.90. The molecule has 0 atom stereocenters. The van der Waals surface area contributed by atoms with Gasteiger partial charge < -0.3 is 19.2 Å². The number of ether oxygens (including phenoxy) is 1. The van der Waals surface area contributed by atoms with Gasteiger partial charge in [-0.05, 0) is 19.9 Å². The van der Waals surface area contributed by atoms with Crippen molar-refractivity contribution in [2.75, 3.05) is 13.7 Å². The number of para-hydroxylation sites is 1. The van der Waals surface area contributed by atoms with Crippen molar-refractivity contribution in [1.29, 1.82) is 0 Å². The molecule has 0 unspecified atom stereocenters. The second-order valence-electron chi connectivity index (χ2n) is 5.57. The summed E-state index contributed by atoms with van der Waals surface area (Å²) in [6, 6.07) is 7.24. The molecule has 1 aromatic carbocycles. The number of carbonyl (C=O) groups excluding carboxylic acids is 1. The summed E-state index contributed by atoms with van der Waals surface area (Å²) in [5.41, 5.74) is 1.30. The van der Waals surface area contributed by atoms with E-state index in [9.17, 15) is 9.59 Å². The Morgan fingerprint density at radius 3 is 2.61 bits per heavy atom. The van der Waals surface area contributed by atoms with Gasteiger partial charge in [0.05, 0.1) is 13.0 Å². The molecule has 124 valence electrons. The van der Waals surface area contributed by atoms with Crippen LogP contribution < -0.4 is 0 Å². The highest BCUT2D eigenvalue weighted by Crippen LogP contribution is 2.28. The molecular weight excluding hydrogens is 298 g/mol. The first-order valence-electron chi connectivity index (χ1n) is 7.47. The largest absolute Gasteiger partial charge is 0.481 e.